The van der Waals surface area contributed by atoms with Gasteiger partial charge in [0.2, 0.25) is 5.91 Å². The van der Waals surface area contributed by atoms with E-state index in [1.54, 1.807) is 12.4 Å². The van der Waals surface area contributed by atoms with E-state index in [0.717, 1.165) is 61.4 Å². The number of piperidine rings is 1. The van der Waals surface area contributed by atoms with Gasteiger partial charge in [-0.05, 0) is 90.2 Å². The second-order valence-corrected chi connectivity index (χ2v) is 11.5. The van der Waals surface area contributed by atoms with Crippen molar-refractivity contribution in [1.29, 1.82) is 0 Å². The number of rotatable bonds is 6. The number of benzene rings is 3. The van der Waals surface area contributed by atoms with Crippen LogP contribution in [0.5, 0.6) is 0 Å². The van der Waals surface area contributed by atoms with Gasteiger partial charge in [0, 0.05) is 30.4 Å². The fourth-order valence-electron chi connectivity index (χ4n) is 6.52. The normalized spacial score (nSPS) is 17.4. The molecule has 1 saturated heterocycles. The summed E-state index contributed by atoms with van der Waals surface area (Å²) in [7, 11) is 0. The van der Waals surface area contributed by atoms with Gasteiger partial charge in [0.15, 0.2) is 0 Å². The van der Waals surface area contributed by atoms with Crippen LogP contribution >= 0.6 is 0 Å². The molecule has 2 aliphatic rings. The molecule has 1 atom stereocenters. The van der Waals surface area contributed by atoms with Crippen LogP contribution < -0.4 is 11.1 Å². The van der Waals surface area contributed by atoms with Crippen molar-refractivity contribution in [2.45, 2.75) is 63.8 Å². The quantitative estimate of drug-likeness (QED) is 0.242. The topological polar surface area (TPSA) is 71.2 Å². The summed E-state index contributed by atoms with van der Waals surface area (Å²) < 4.78 is 0. The molecule has 1 aliphatic heterocycles. The van der Waals surface area contributed by atoms with Gasteiger partial charge < -0.3 is 11.1 Å². The molecule has 1 amide bonds. The molecule has 1 unspecified atom stereocenters. The summed E-state index contributed by atoms with van der Waals surface area (Å²) in [5, 5.41) is 3.03. The van der Waals surface area contributed by atoms with E-state index >= 15 is 0 Å². The van der Waals surface area contributed by atoms with E-state index in [0.29, 0.717) is 6.42 Å². The molecule has 0 saturated carbocycles. The van der Waals surface area contributed by atoms with Crippen LogP contribution in [0.3, 0.4) is 0 Å². The van der Waals surface area contributed by atoms with E-state index in [4.69, 9.17) is 5.73 Å². The molecule has 0 radical (unpaired) electrons. The van der Waals surface area contributed by atoms with Crippen LogP contribution in [-0.4, -0.2) is 28.9 Å². The molecule has 4 aromatic rings. The molecular weight excluding hydrogens is 504 g/mol. The monoisotopic (exact) mass is 546 g/mol. The Bertz CT molecular complexity index is 1430. The summed E-state index contributed by atoms with van der Waals surface area (Å²) in [6.07, 6.45) is 8.44. The van der Waals surface area contributed by atoms with Gasteiger partial charge in [-0.25, -0.2) is 0 Å². The smallest absolute Gasteiger partial charge is 0.225 e. The van der Waals surface area contributed by atoms with E-state index in [-0.39, 0.29) is 17.2 Å². The summed E-state index contributed by atoms with van der Waals surface area (Å²) in [5.41, 5.74) is 14.4. The van der Waals surface area contributed by atoms with Crippen molar-refractivity contribution in [3.8, 4) is 11.1 Å². The number of nitrogens with zero attached hydrogens (tertiary/aromatic N) is 2. The Balaban J connectivity index is 0.00000108. The zero-order chi connectivity index (χ0) is 28.7. The zero-order valence-corrected chi connectivity index (χ0v) is 24.4. The zero-order valence-electron chi connectivity index (χ0n) is 24.4. The Morgan fingerprint density at radius 3 is 2.44 bits per heavy atom. The highest BCUT2D eigenvalue weighted by atomic mass is 16.1. The Kier molecular flexibility index (Phi) is 9.15. The third kappa shape index (κ3) is 6.68. The number of carbonyl (C=O) groups is 1. The van der Waals surface area contributed by atoms with Gasteiger partial charge in [-0.15, -0.1) is 0 Å². The predicted molar refractivity (Wildman–Crippen MR) is 170 cm³/mol. The number of aromatic nitrogens is 1. The number of fused-ring (bicyclic) bond motifs is 2. The summed E-state index contributed by atoms with van der Waals surface area (Å²) in [6, 6.07) is 29.4. The van der Waals surface area contributed by atoms with Crippen molar-refractivity contribution in [2.24, 2.45) is 0 Å². The third-order valence-electron chi connectivity index (χ3n) is 8.41. The van der Waals surface area contributed by atoms with Gasteiger partial charge in [-0.2, -0.15) is 0 Å². The van der Waals surface area contributed by atoms with Crippen LogP contribution in [0.2, 0.25) is 0 Å². The van der Waals surface area contributed by atoms with Crippen molar-refractivity contribution in [2.75, 3.05) is 24.1 Å². The van der Waals surface area contributed by atoms with Crippen LogP contribution in [0, 0.1) is 0 Å². The summed E-state index contributed by atoms with van der Waals surface area (Å²) >= 11 is 0. The van der Waals surface area contributed by atoms with Gasteiger partial charge in [0.25, 0.3) is 0 Å². The first kappa shape index (κ1) is 28.6. The van der Waals surface area contributed by atoms with Crippen LogP contribution in [0.4, 0.5) is 11.4 Å². The number of hydrogen-bond donors (Lipinski definition) is 2. The number of nitrogen functional groups attached to an aromatic ring is 1. The highest BCUT2D eigenvalue weighted by Crippen LogP contribution is 2.52. The Morgan fingerprint density at radius 1 is 0.976 bits per heavy atom. The minimum Gasteiger partial charge on any atom is -0.398 e. The van der Waals surface area contributed by atoms with Crippen molar-refractivity contribution < 1.29 is 4.79 Å². The van der Waals surface area contributed by atoms with E-state index in [1.807, 2.05) is 24.3 Å². The second kappa shape index (κ2) is 13.1. The molecule has 1 spiro atoms. The summed E-state index contributed by atoms with van der Waals surface area (Å²) in [4.78, 5) is 19.6. The van der Waals surface area contributed by atoms with Gasteiger partial charge in [-0.1, -0.05) is 80.9 Å². The standard InChI is InChI=1S/C33H34N4O.C3H8/c34-31-13-12-24(19-29(31)25-7-2-1-3-8-25)23-37-17-14-33(15-18-37)21-26(28-10-4-5-11-30(28)33)20-32(38)36-27-9-6-16-35-22-27;1-3-2/h1-13,16,19,22,26H,14-15,17-18,20-21,23,34H2,(H,36,38);3H2,1-2H3. The Labute approximate surface area is 244 Å². The van der Waals surface area contributed by atoms with Crippen LogP contribution in [0.25, 0.3) is 11.1 Å². The fourth-order valence-corrected chi connectivity index (χ4v) is 6.52. The molecule has 5 heteroatoms. The minimum absolute atomic E-state index is 0.0601. The molecule has 212 valence electrons. The maximum Gasteiger partial charge on any atom is 0.225 e. The minimum atomic E-state index is 0.0601. The average Bonchev–Trinajstić information content (AvgIpc) is 3.29. The van der Waals surface area contributed by atoms with Crippen molar-refractivity contribution in [3.63, 3.8) is 0 Å². The van der Waals surface area contributed by atoms with E-state index in [2.05, 4.69) is 89.7 Å². The molecule has 3 N–H and O–H groups in total. The summed E-state index contributed by atoms with van der Waals surface area (Å²) in [6.45, 7) is 7.27. The number of likely N-dealkylation sites (tertiary alicyclic amines) is 1. The van der Waals surface area contributed by atoms with Crippen LogP contribution in [0.15, 0.2) is 97.3 Å². The first-order valence-electron chi connectivity index (χ1n) is 15.0. The molecule has 41 heavy (non-hydrogen) atoms. The van der Waals surface area contributed by atoms with Crippen LogP contribution in [-0.2, 0) is 16.8 Å². The van der Waals surface area contributed by atoms with Crippen LogP contribution in [0.1, 0.15) is 68.6 Å². The largest absolute Gasteiger partial charge is 0.398 e. The van der Waals surface area contributed by atoms with Crippen molar-refractivity contribution in [1.82, 2.24) is 9.88 Å². The molecule has 0 bridgehead atoms. The lowest BCUT2D eigenvalue weighted by molar-refractivity contribution is -0.116. The van der Waals surface area contributed by atoms with Crippen molar-refractivity contribution >= 4 is 17.3 Å². The number of pyridine rings is 1. The lowest BCUT2D eigenvalue weighted by Gasteiger charge is -2.40. The molecular formula is C36H42N4O. The van der Waals surface area contributed by atoms with E-state index in [1.165, 1.54) is 23.1 Å². The second-order valence-electron chi connectivity index (χ2n) is 11.5. The number of nitrogens with one attached hydrogen (secondary N) is 1. The maximum absolute atomic E-state index is 12.9. The number of carbonyl (C=O) groups excluding carboxylic acids is 1. The number of anilines is 2. The molecule has 5 nitrogen and oxygen atoms in total. The van der Waals surface area contributed by atoms with Gasteiger partial charge in [0.05, 0.1) is 11.9 Å². The number of hydrogen-bond acceptors (Lipinski definition) is 4. The molecule has 3 aromatic carbocycles. The molecule has 1 aromatic heterocycles. The number of amides is 1. The lowest BCUT2D eigenvalue weighted by Crippen LogP contribution is -2.41. The van der Waals surface area contributed by atoms with Gasteiger partial charge >= 0.3 is 0 Å². The lowest BCUT2D eigenvalue weighted by atomic mass is 9.73. The summed E-state index contributed by atoms with van der Waals surface area (Å²) in [5.74, 6) is 0.310. The average molecular weight is 547 g/mol. The van der Waals surface area contributed by atoms with Gasteiger partial charge in [0.1, 0.15) is 0 Å². The first-order valence-corrected chi connectivity index (χ1v) is 15.0. The third-order valence-corrected chi connectivity index (χ3v) is 8.41. The predicted octanol–water partition coefficient (Wildman–Crippen LogP) is 7.80. The number of nitrogens with two attached hydrogens (primary N) is 1. The van der Waals surface area contributed by atoms with E-state index < -0.39 is 0 Å². The molecule has 1 aliphatic carbocycles. The fraction of sp³-hybridized carbons (Fsp3) is 0.333. The first-order chi connectivity index (χ1) is 20.0. The molecule has 1 fully saturated rings. The molecule has 2 heterocycles. The SMILES string of the molecule is CCC.Nc1ccc(CN2CCC3(CC2)CC(CC(=O)Nc2cccnc2)c2ccccc23)cc1-c1ccccc1. The van der Waals surface area contributed by atoms with Crippen molar-refractivity contribution in [3.05, 3.63) is 114 Å². The Hall–Kier alpha value is -3.96. The highest BCUT2D eigenvalue weighted by Gasteiger charge is 2.45. The molecule has 6 rings (SSSR count). The van der Waals surface area contributed by atoms with Gasteiger partial charge in [-0.3, -0.25) is 14.7 Å². The maximum atomic E-state index is 12.9. The highest BCUT2D eigenvalue weighted by molar-refractivity contribution is 5.91. The van der Waals surface area contributed by atoms with E-state index in [9.17, 15) is 4.79 Å². The Morgan fingerprint density at radius 2 is 1.71 bits per heavy atom.